The fourth-order valence-corrected chi connectivity index (χ4v) is 2.75. The van der Waals surface area contributed by atoms with E-state index in [1.54, 1.807) is 15.7 Å². The van der Waals surface area contributed by atoms with E-state index in [1.165, 1.54) is 0 Å². The lowest BCUT2D eigenvalue weighted by atomic mass is 10.2. The van der Waals surface area contributed by atoms with Crippen LogP contribution in [0, 0.1) is 0 Å². The number of fused-ring (bicyclic) bond motifs is 1. The van der Waals surface area contributed by atoms with Crippen LogP contribution in [0.4, 0.5) is 17.3 Å². The van der Waals surface area contributed by atoms with Crippen LogP contribution in [-0.4, -0.2) is 38.6 Å². The molecule has 0 atom stereocenters. The Morgan fingerprint density at radius 1 is 1.04 bits per heavy atom. The van der Waals surface area contributed by atoms with Gasteiger partial charge >= 0.3 is 0 Å². The summed E-state index contributed by atoms with van der Waals surface area (Å²) in [5.41, 5.74) is 3.95. The second-order valence-corrected chi connectivity index (χ2v) is 6.09. The molecule has 0 aliphatic rings. The zero-order valence-corrected chi connectivity index (χ0v) is 14.4. The first kappa shape index (κ1) is 15.2. The van der Waals surface area contributed by atoms with E-state index in [0.717, 1.165) is 28.0 Å². The molecule has 126 valence electrons. The highest BCUT2D eigenvalue weighted by Gasteiger charge is 2.08. The molecule has 2 aromatic carbocycles. The van der Waals surface area contributed by atoms with Gasteiger partial charge in [0.05, 0.1) is 16.9 Å². The summed E-state index contributed by atoms with van der Waals surface area (Å²) in [6, 6.07) is 14.1. The molecule has 0 unspecified atom stereocenters. The standard InChI is InChI=1S/C18H19N7/c1-23(2)13-6-4-7-14(10-13)25-12-19-18(22-25)20-16-8-5-9-17-15(16)11-24(3)21-17/h4-12H,1-3H3,(H,20,22). The zero-order chi connectivity index (χ0) is 17.4. The van der Waals surface area contributed by atoms with E-state index in [0.29, 0.717) is 5.95 Å². The van der Waals surface area contributed by atoms with Crippen molar-refractivity contribution in [3.63, 3.8) is 0 Å². The number of aryl methyl sites for hydroxylation is 1. The summed E-state index contributed by atoms with van der Waals surface area (Å²) in [6.07, 6.45) is 3.69. The summed E-state index contributed by atoms with van der Waals surface area (Å²) < 4.78 is 3.56. The Morgan fingerprint density at radius 2 is 1.88 bits per heavy atom. The molecule has 0 aliphatic carbocycles. The summed E-state index contributed by atoms with van der Waals surface area (Å²) in [4.78, 5) is 6.43. The molecular weight excluding hydrogens is 314 g/mol. The molecule has 0 aliphatic heterocycles. The lowest BCUT2D eigenvalue weighted by Gasteiger charge is -2.13. The molecule has 7 nitrogen and oxygen atoms in total. The molecule has 1 N–H and O–H groups in total. The van der Waals surface area contributed by atoms with Crippen molar-refractivity contribution >= 4 is 28.2 Å². The summed E-state index contributed by atoms with van der Waals surface area (Å²) in [5, 5.41) is 13.3. The van der Waals surface area contributed by atoms with Crippen molar-refractivity contribution in [2.75, 3.05) is 24.3 Å². The van der Waals surface area contributed by atoms with E-state index in [-0.39, 0.29) is 0 Å². The maximum atomic E-state index is 4.54. The topological polar surface area (TPSA) is 63.8 Å². The SMILES string of the molecule is CN(C)c1cccc(-n2cnc(Nc3cccc4nn(C)cc34)n2)c1. The van der Waals surface area contributed by atoms with Gasteiger partial charge in [-0.15, -0.1) is 5.10 Å². The lowest BCUT2D eigenvalue weighted by molar-refractivity contribution is 0.780. The van der Waals surface area contributed by atoms with Crippen LogP contribution in [0.15, 0.2) is 55.0 Å². The molecule has 4 rings (SSSR count). The van der Waals surface area contributed by atoms with Gasteiger partial charge in [0.15, 0.2) is 0 Å². The fraction of sp³-hybridized carbons (Fsp3) is 0.167. The quantitative estimate of drug-likeness (QED) is 0.622. The summed E-state index contributed by atoms with van der Waals surface area (Å²) in [5.74, 6) is 0.548. The maximum absolute atomic E-state index is 4.54. The Labute approximate surface area is 145 Å². The Hall–Kier alpha value is -3.35. The number of anilines is 3. The average molecular weight is 333 g/mol. The van der Waals surface area contributed by atoms with Crippen LogP contribution in [-0.2, 0) is 7.05 Å². The molecular formula is C18H19N7. The molecule has 0 bridgehead atoms. The van der Waals surface area contributed by atoms with Gasteiger partial charge in [-0.25, -0.2) is 4.68 Å². The van der Waals surface area contributed by atoms with E-state index in [1.807, 2.05) is 57.7 Å². The van der Waals surface area contributed by atoms with Gasteiger partial charge in [-0.2, -0.15) is 10.1 Å². The first-order valence-corrected chi connectivity index (χ1v) is 7.99. The van der Waals surface area contributed by atoms with Crippen molar-refractivity contribution in [2.45, 2.75) is 0 Å². The minimum Gasteiger partial charge on any atom is -0.378 e. The first-order valence-electron chi connectivity index (χ1n) is 7.99. The third-order valence-electron chi connectivity index (χ3n) is 4.01. The second kappa shape index (κ2) is 5.94. The molecule has 4 aromatic rings. The largest absolute Gasteiger partial charge is 0.378 e. The predicted octanol–water partition coefficient (Wildman–Crippen LogP) is 2.96. The van der Waals surface area contributed by atoms with Crippen LogP contribution < -0.4 is 10.2 Å². The maximum Gasteiger partial charge on any atom is 0.246 e. The molecule has 0 fully saturated rings. The molecule has 0 amide bonds. The number of benzene rings is 2. The Morgan fingerprint density at radius 3 is 2.72 bits per heavy atom. The summed E-state index contributed by atoms with van der Waals surface area (Å²) >= 11 is 0. The van der Waals surface area contributed by atoms with Gasteiger partial charge in [0.2, 0.25) is 5.95 Å². The van der Waals surface area contributed by atoms with Gasteiger partial charge in [-0.3, -0.25) is 4.68 Å². The highest BCUT2D eigenvalue weighted by atomic mass is 15.4. The van der Waals surface area contributed by atoms with Crippen molar-refractivity contribution in [3.8, 4) is 5.69 Å². The van der Waals surface area contributed by atoms with E-state index >= 15 is 0 Å². The van der Waals surface area contributed by atoms with Crippen molar-refractivity contribution in [1.29, 1.82) is 0 Å². The molecule has 25 heavy (non-hydrogen) atoms. The van der Waals surface area contributed by atoms with Crippen LogP contribution in [0.2, 0.25) is 0 Å². The number of rotatable bonds is 4. The highest BCUT2D eigenvalue weighted by Crippen LogP contribution is 2.24. The number of hydrogen-bond donors (Lipinski definition) is 1. The summed E-state index contributed by atoms with van der Waals surface area (Å²) in [6.45, 7) is 0. The van der Waals surface area contributed by atoms with Gasteiger partial charge in [-0.05, 0) is 30.3 Å². The molecule has 2 heterocycles. The molecule has 0 saturated carbocycles. The molecule has 2 aromatic heterocycles. The average Bonchev–Trinajstić information content (AvgIpc) is 3.21. The zero-order valence-electron chi connectivity index (χ0n) is 14.4. The van der Waals surface area contributed by atoms with E-state index in [9.17, 15) is 0 Å². The smallest absolute Gasteiger partial charge is 0.246 e. The van der Waals surface area contributed by atoms with Gasteiger partial charge in [-0.1, -0.05) is 12.1 Å². The van der Waals surface area contributed by atoms with E-state index in [4.69, 9.17) is 0 Å². The van der Waals surface area contributed by atoms with E-state index < -0.39 is 0 Å². The number of hydrogen-bond acceptors (Lipinski definition) is 5. The normalized spacial score (nSPS) is 11.0. The summed E-state index contributed by atoms with van der Waals surface area (Å²) in [7, 11) is 5.94. The monoisotopic (exact) mass is 333 g/mol. The van der Waals surface area contributed by atoms with Gasteiger partial charge in [0.25, 0.3) is 0 Å². The van der Waals surface area contributed by atoms with Crippen LogP contribution in [0.5, 0.6) is 0 Å². The van der Waals surface area contributed by atoms with Crippen LogP contribution in [0.3, 0.4) is 0 Å². The highest BCUT2D eigenvalue weighted by molar-refractivity contribution is 5.92. The molecule has 0 spiro atoms. The van der Waals surface area contributed by atoms with Crippen molar-refractivity contribution in [1.82, 2.24) is 24.5 Å². The van der Waals surface area contributed by atoms with Crippen LogP contribution in [0.25, 0.3) is 16.6 Å². The predicted molar refractivity (Wildman–Crippen MR) is 99.7 cm³/mol. The Bertz CT molecular complexity index is 1030. The second-order valence-electron chi connectivity index (χ2n) is 6.09. The minimum absolute atomic E-state index is 0.548. The Kier molecular flexibility index (Phi) is 3.61. The minimum atomic E-state index is 0.548. The number of aromatic nitrogens is 5. The fourth-order valence-electron chi connectivity index (χ4n) is 2.75. The van der Waals surface area contributed by atoms with Crippen LogP contribution in [0.1, 0.15) is 0 Å². The van der Waals surface area contributed by atoms with Crippen molar-refractivity contribution in [2.24, 2.45) is 7.05 Å². The molecule has 0 saturated heterocycles. The Balaban J connectivity index is 1.64. The number of nitrogens with one attached hydrogen (secondary N) is 1. The van der Waals surface area contributed by atoms with Crippen molar-refractivity contribution in [3.05, 3.63) is 55.0 Å². The third-order valence-corrected chi connectivity index (χ3v) is 4.01. The van der Waals surface area contributed by atoms with Gasteiger partial charge in [0, 0.05) is 38.4 Å². The molecule has 0 radical (unpaired) electrons. The lowest BCUT2D eigenvalue weighted by Crippen LogP contribution is -2.09. The van der Waals surface area contributed by atoms with Crippen molar-refractivity contribution < 1.29 is 0 Å². The molecule has 7 heteroatoms. The van der Waals surface area contributed by atoms with Gasteiger partial charge < -0.3 is 10.2 Å². The van der Waals surface area contributed by atoms with Crippen LogP contribution >= 0.6 is 0 Å². The van der Waals surface area contributed by atoms with Gasteiger partial charge in [0.1, 0.15) is 6.33 Å². The number of nitrogens with zero attached hydrogens (tertiary/aromatic N) is 6. The third kappa shape index (κ3) is 2.91. The van der Waals surface area contributed by atoms with E-state index in [2.05, 4.69) is 37.5 Å². The first-order chi connectivity index (χ1) is 12.1.